The molecule has 13 heteroatoms. The van der Waals surface area contributed by atoms with Crippen molar-refractivity contribution < 1.29 is 62.1 Å². The van der Waals surface area contributed by atoms with E-state index in [1.165, 1.54) is 4.90 Å². The molecule has 0 unspecified atom stereocenters. The fourth-order valence-electron chi connectivity index (χ4n) is 4.70. The Labute approximate surface area is 186 Å². The maximum Gasteiger partial charge on any atom is 1.00 e. The molecule has 3 heterocycles. The first-order chi connectivity index (χ1) is 12.3. The van der Waals surface area contributed by atoms with Gasteiger partial charge in [-0.1, -0.05) is 0 Å². The van der Waals surface area contributed by atoms with Gasteiger partial charge < -0.3 is 33.3 Å². The fourth-order valence-corrected chi connectivity index (χ4v) is 5.01. The Bertz CT molecular complexity index is 726. The number of hydrogen-bond donors (Lipinski definition) is 1. The molecule has 0 aromatic rings. The number of likely N-dealkylation sites (tertiary alicyclic amines) is 1. The molecule has 4 amide bonds. The van der Waals surface area contributed by atoms with Gasteiger partial charge in [0.15, 0.2) is 0 Å². The van der Waals surface area contributed by atoms with Crippen molar-refractivity contribution in [2.24, 2.45) is 5.41 Å². The molecular weight excluding hydrogens is 403 g/mol. The summed E-state index contributed by atoms with van der Waals surface area (Å²) in [5, 5.41) is 3.84. The molecule has 0 aromatic heterocycles. The summed E-state index contributed by atoms with van der Waals surface area (Å²) in [7, 11) is -2.82. The van der Waals surface area contributed by atoms with Crippen molar-refractivity contribution in [3.05, 3.63) is 0 Å². The van der Waals surface area contributed by atoms with Gasteiger partial charge >= 0.3 is 35.6 Å². The van der Waals surface area contributed by atoms with Gasteiger partial charge in [-0.15, -0.1) is 0 Å². The van der Waals surface area contributed by atoms with Crippen LogP contribution >= 0.6 is 0 Å². The first-order valence-electron chi connectivity index (χ1n) is 8.71. The molecule has 2 N–H and O–H groups in total. The molecule has 1 aliphatic carbocycles. The van der Waals surface area contributed by atoms with Crippen LogP contribution in [0.15, 0.2) is 0 Å². The maximum absolute atomic E-state index is 12.6. The Morgan fingerprint density at radius 3 is 2.43 bits per heavy atom. The first kappa shape index (κ1) is 23.4. The minimum Gasteiger partial charge on any atom is -0.870 e. The fraction of sp³-hybridized carbons (Fsp3) is 0.800. The topological polar surface area (TPSA) is 146 Å². The van der Waals surface area contributed by atoms with Crippen molar-refractivity contribution in [2.45, 2.75) is 50.7 Å². The van der Waals surface area contributed by atoms with E-state index in [1.807, 2.05) is 0 Å². The maximum atomic E-state index is 12.6. The van der Waals surface area contributed by atoms with Crippen LogP contribution in [0.25, 0.3) is 0 Å². The van der Waals surface area contributed by atoms with Gasteiger partial charge in [0.1, 0.15) is 6.04 Å². The number of carbonyl (C=O) groups is 3. The van der Waals surface area contributed by atoms with Crippen molar-refractivity contribution >= 4 is 28.8 Å². The van der Waals surface area contributed by atoms with Gasteiger partial charge in [0.25, 0.3) is 0 Å². The monoisotopic (exact) mass is 425 g/mol. The van der Waals surface area contributed by atoms with Crippen LogP contribution < -0.4 is 34.9 Å². The van der Waals surface area contributed by atoms with Gasteiger partial charge in [-0.05, 0) is 25.7 Å². The zero-order valence-electron chi connectivity index (χ0n) is 15.8. The molecule has 28 heavy (non-hydrogen) atoms. The minimum absolute atomic E-state index is 0. The van der Waals surface area contributed by atoms with Crippen molar-refractivity contribution in [2.75, 3.05) is 19.6 Å². The van der Waals surface area contributed by atoms with Gasteiger partial charge in [0.2, 0.25) is 11.8 Å². The summed E-state index contributed by atoms with van der Waals surface area (Å²) in [6, 6.07) is -1.46. The zero-order valence-corrected chi connectivity index (χ0v) is 18.6. The van der Waals surface area contributed by atoms with Gasteiger partial charge in [-0.25, -0.2) is 9.86 Å². The Hall–Kier alpha value is -0.920. The number of carbonyl (C=O) groups excluding carboxylic acids is 3. The van der Waals surface area contributed by atoms with Crippen LogP contribution in [0, 0.1) is 5.41 Å². The van der Waals surface area contributed by atoms with Crippen molar-refractivity contribution in [3.8, 4) is 0 Å². The summed E-state index contributed by atoms with van der Waals surface area (Å²) < 4.78 is 26.0. The van der Waals surface area contributed by atoms with E-state index in [0.29, 0.717) is 12.8 Å². The molecule has 2 atom stereocenters. The third-order valence-electron chi connectivity index (χ3n) is 5.97. The Morgan fingerprint density at radius 1 is 1.21 bits per heavy atom. The quantitative estimate of drug-likeness (QED) is 0.361. The van der Waals surface area contributed by atoms with E-state index in [1.54, 1.807) is 11.8 Å². The van der Waals surface area contributed by atoms with E-state index < -0.39 is 23.1 Å². The van der Waals surface area contributed by atoms with E-state index in [9.17, 15) is 22.8 Å². The standard InChI is InChI=1S/C15H21N4O6S.Na.H2O/c1-9(20)17-7-15(8-17)4-10(5-15)16-13(21)12-3-2-11-6-18(12)14(22)19(11)25-26(23)24;;/h10-12H,2-8H2,1H3,(H,16,21);;1H2/q-1;+1;/p-1/t11-,12+;;/m1../s1. The van der Waals surface area contributed by atoms with E-state index in [4.69, 9.17) is 0 Å². The normalized spacial score (nSPS) is 27.6. The number of urea groups is 1. The average Bonchev–Trinajstić information content (AvgIpc) is 2.72. The van der Waals surface area contributed by atoms with Crippen LogP contribution in [0.3, 0.4) is 0 Å². The molecule has 2 bridgehead atoms. The number of nitrogens with one attached hydrogen (secondary N) is 1. The number of piperidine rings is 1. The summed E-state index contributed by atoms with van der Waals surface area (Å²) >= 11 is 0. The summed E-state index contributed by atoms with van der Waals surface area (Å²) in [6.45, 7) is 3.35. The number of fused-ring (bicyclic) bond motifs is 2. The van der Waals surface area contributed by atoms with E-state index in [-0.39, 0.29) is 70.9 Å². The van der Waals surface area contributed by atoms with Crippen molar-refractivity contribution in [1.82, 2.24) is 20.2 Å². The molecule has 152 valence electrons. The summed E-state index contributed by atoms with van der Waals surface area (Å²) in [5.74, 6) is -0.123. The molecule has 3 aliphatic heterocycles. The van der Waals surface area contributed by atoms with Gasteiger partial charge in [0.05, 0.1) is 17.0 Å². The van der Waals surface area contributed by atoms with Crippen molar-refractivity contribution in [3.63, 3.8) is 0 Å². The van der Waals surface area contributed by atoms with Crippen LogP contribution in [0.5, 0.6) is 0 Å². The second-order valence-electron chi connectivity index (χ2n) is 7.78. The predicted molar refractivity (Wildman–Crippen MR) is 88.4 cm³/mol. The van der Waals surface area contributed by atoms with Crippen LogP contribution in [0.1, 0.15) is 32.6 Å². The molecule has 4 rings (SSSR count). The molecule has 3 saturated heterocycles. The third kappa shape index (κ3) is 4.03. The minimum atomic E-state index is -2.82. The Morgan fingerprint density at radius 2 is 1.86 bits per heavy atom. The van der Waals surface area contributed by atoms with Crippen LogP contribution in [0.2, 0.25) is 0 Å². The average molecular weight is 425 g/mol. The Balaban J connectivity index is 0.00000140. The third-order valence-corrected chi connectivity index (χ3v) is 6.25. The Kier molecular flexibility index (Phi) is 7.04. The first-order valence-corrected chi connectivity index (χ1v) is 9.71. The molecular formula is C15H22N4NaO7S-. The largest absolute Gasteiger partial charge is 1.00 e. The van der Waals surface area contributed by atoms with Gasteiger partial charge in [-0.3, -0.25) is 9.59 Å². The van der Waals surface area contributed by atoms with E-state index in [2.05, 4.69) is 9.60 Å². The second-order valence-corrected chi connectivity index (χ2v) is 8.33. The smallest absolute Gasteiger partial charge is 0.870 e. The molecule has 4 aliphatic rings. The van der Waals surface area contributed by atoms with E-state index in [0.717, 1.165) is 31.0 Å². The second kappa shape index (κ2) is 8.44. The van der Waals surface area contributed by atoms with Gasteiger partial charge in [-0.2, -0.15) is 0 Å². The number of rotatable bonds is 4. The van der Waals surface area contributed by atoms with Gasteiger partial charge in [0, 0.05) is 38.0 Å². The predicted octanol–water partition coefficient (Wildman–Crippen LogP) is -3.63. The summed E-state index contributed by atoms with van der Waals surface area (Å²) in [4.78, 5) is 39.4. The summed E-state index contributed by atoms with van der Waals surface area (Å²) in [6.07, 6.45) is 2.68. The molecule has 1 spiro atoms. The summed E-state index contributed by atoms with van der Waals surface area (Å²) in [5.41, 5.74) is 0.146. The zero-order chi connectivity index (χ0) is 18.6. The van der Waals surface area contributed by atoms with Crippen LogP contribution in [-0.2, 0) is 33.3 Å². The van der Waals surface area contributed by atoms with Crippen molar-refractivity contribution in [1.29, 1.82) is 0 Å². The molecule has 0 radical (unpaired) electrons. The number of amides is 4. The van der Waals surface area contributed by atoms with E-state index >= 15 is 0 Å². The number of nitrogens with zero attached hydrogens (tertiary/aromatic N) is 3. The number of hydrogen-bond acceptors (Lipinski definition) is 8. The molecule has 1 saturated carbocycles. The number of hydroxylamine groups is 2. The molecule has 0 aromatic carbocycles. The molecule has 4 fully saturated rings. The SMILES string of the molecule is CC(=O)N1CC2(CC(NC(=O)[C@@H]3CC[C@@H]4CN3C(=O)N4O[S-](=O)=O)C2)C1.[Na+].[OH-]. The van der Waals surface area contributed by atoms with Crippen LogP contribution in [0.4, 0.5) is 4.79 Å². The molecule has 11 nitrogen and oxygen atoms in total. The van der Waals surface area contributed by atoms with Crippen LogP contribution in [-0.4, -0.2) is 75.9 Å².